The predicted octanol–water partition coefficient (Wildman–Crippen LogP) is 1.71. The highest BCUT2D eigenvalue weighted by atomic mass is 19.1. The number of halogens is 2. The first-order valence-electron chi connectivity index (χ1n) is 5.82. The number of nitro benzene ring substituents is 1. The van der Waals surface area contributed by atoms with Crippen molar-refractivity contribution in [2.45, 2.75) is 19.9 Å². The van der Waals surface area contributed by atoms with Gasteiger partial charge in [-0.05, 0) is 12.0 Å². The smallest absolute Gasteiger partial charge is 0.326 e. The molecule has 0 aromatic heterocycles. The number of nitro groups is 1. The number of carboxylic acids is 1. The molecule has 7 nitrogen and oxygen atoms in total. The highest BCUT2D eigenvalue weighted by molar-refractivity contribution is 5.97. The molecule has 0 heterocycles. The standard InChI is InChI=1S/C12H12F2N2O5/c1-5(2)10(12(18)19)15-11(17)6-3-8(14)9(16(20)21)4-7(6)13/h3-5,10H,1-2H3,(H,15,17)(H,18,19)/t10-/m0/s1. The molecule has 0 fully saturated rings. The SMILES string of the molecule is CC(C)[C@H](NC(=O)c1cc(F)c([N+](=O)[O-])cc1F)C(=O)O. The summed E-state index contributed by atoms with van der Waals surface area (Å²) in [7, 11) is 0. The van der Waals surface area contributed by atoms with Gasteiger partial charge in [0.2, 0.25) is 5.82 Å². The Kier molecular flexibility index (Phi) is 4.90. The molecule has 0 aliphatic carbocycles. The van der Waals surface area contributed by atoms with E-state index in [0.29, 0.717) is 6.07 Å². The van der Waals surface area contributed by atoms with E-state index in [-0.39, 0.29) is 6.07 Å². The number of rotatable bonds is 5. The molecular weight excluding hydrogens is 290 g/mol. The number of carboxylic acid groups (broad SMARTS) is 1. The van der Waals surface area contributed by atoms with E-state index in [2.05, 4.69) is 0 Å². The molecule has 0 aliphatic heterocycles. The van der Waals surface area contributed by atoms with Gasteiger partial charge >= 0.3 is 11.7 Å². The lowest BCUT2D eigenvalue weighted by Crippen LogP contribution is -2.44. The third kappa shape index (κ3) is 3.71. The first-order chi connectivity index (χ1) is 9.65. The zero-order chi connectivity index (χ0) is 16.3. The van der Waals surface area contributed by atoms with Crippen molar-refractivity contribution >= 4 is 17.6 Å². The fourth-order valence-electron chi connectivity index (χ4n) is 1.58. The van der Waals surface area contributed by atoms with Crippen LogP contribution in [0.1, 0.15) is 24.2 Å². The summed E-state index contributed by atoms with van der Waals surface area (Å²) < 4.78 is 27.0. The Bertz CT molecular complexity index is 604. The fraction of sp³-hybridized carbons (Fsp3) is 0.333. The number of hydrogen-bond donors (Lipinski definition) is 2. The minimum Gasteiger partial charge on any atom is -0.480 e. The average molecular weight is 302 g/mol. The van der Waals surface area contributed by atoms with Crippen molar-refractivity contribution in [1.29, 1.82) is 0 Å². The first kappa shape index (κ1) is 16.5. The van der Waals surface area contributed by atoms with Crippen LogP contribution in [0.5, 0.6) is 0 Å². The van der Waals surface area contributed by atoms with Crippen LogP contribution in [0.15, 0.2) is 12.1 Å². The van der Waals surface area contributed by atoms with E-state index in [9.17, 15) is 28.5 Å². The molecule has 1 rings (SSSR count). The number of carbonyl (C=O) groups excluding carboxylic acids is 1. The van der Waals surface area contributed by atoms with Crippen LogP contribution in [-0.4, -0.2) is 27.9 Å². The van der Waals surface area contributed by atoms with Crippen LogP contribution in [0, 0.1) is 27.7 Å². The Morgan fingerprint density at radius 3 is 2.29 bits per heavy atom. The highest BCUT2D eigenvalue weighted by Crippen LogP contribution is 2.21. The lowest BCUT2D eigenvalue weighted by molar-refractivity contribution is -0.387. The van der Waals surface area contributed by atoms with Crippen molar-refractivity contribution in [2.75, 3.05) is 0 Å². The van der Waals surface area contributed by atoms with Gasteiger partial charge in [0.15, 0.2) is 0 Å². The number of benzene rings is 1. The minimum atomic E-state index is -1.39. The fourth-order valence-corrected chi connectivity index (χ4v) is 1.58. The van der Waals surface area contributed by atoms with Crippen molar-refractivity contribution in [3.05, 3.63) is 39.4 Å². The summed E-state index contributed by atoms with van der Waals surface area (Å²) in [6.45, 7) is 3.04. The van der Waals surface area contributed by atoms with Gasteiger partial charge in [-0.2, -0.15) is 4.39 Å². The molecule has 1 amide bonds. The monoisotopic (exact) mass is 302 g/mol. The van der Waals surface area contributed by atoms with E-state index in [1.165, 1.54) is 13.8 Å². The summed E-state index contributed by atoms with van der Waals surface area (Å²) in [5.41, 5.74) is -1.91. The molecular formula is C12H12F2N2O5. The second-order valence-electron chi connectivity index (χ2n) is 4.57. The molecule has 0 spiro atoms. The van der Waals surface area contributed by atoms with Gasteiger partial charge in [0.25, 0.3) is 5.91 Å². The normalized spacial score (nSPS) is 12.0. The zero-order valence-corrected chi connectivity index (χ0v) is 11.1. The quantitative estimate of drug-likeness (QED) is 0.635. The lowest BCUT2D eigenvalue weighted by atomic mass is 10.0. The Morgan fingerprint density at radius 1 is 1.29 bits per heavy atom. The van der Waals surface area contributed by atoms with E-state index >= 15 is 0 Å². The van der Waals surface area contributed by atoms with Crippen LogP contribution in [0.2, 0.25) is 0 Å². The second kappa shape index (κ2) is 6.25. The van der Waals surface area contributed by atoms with Crippen molar-refractivity contribution in [3.63, 3.8) is 0 Å². The number of hydrogen-bond acceptors (Lipinski definition) is 4. The molecule has 1 atom stereocenters. The van der Waals surface area contributed by atoms with E-state index in [1.807, 2.05) is 5.32 Å². The molecule has 2 N–H and O–H groups in total. The van der Waals surface area contributed by atoms with Crippen molar-refractivity contribution in [3.8, 4) is 0 Å². The number of nitrogens with one attached hydrogen (secondary N) is 1. The molecule has 21 heavy (non-hydrogen) atoms. The van der Waals surface area contributed by atoms with E-state index in [0.717, 1.165) is 0 Å². The van der Waals surface area contributed by atoms with Crippen molar-refractivity contribution < 1.29 is 28.4 Å². The van der Waals surface area contributed by atoms with Gasteiger partial charge in [-0.25, -0.2) is 9.18 Å². The van der Waals surface area contributed by atoms with Crippen molar-refractivity contribution in [1.82, 2.24) is 5.32 Å². The Hall–Kier alpha value is -2.58. The van der Waals surface area contributed by atoms with Gasteiger partial charge in [0.1, 0.15) is 11.9 Å². The van der Waals surface area contributed by atoms with Gasteiger partial charge < -0.3 is 10.4 Å². The molecule has 0 saturated carbocycles. The van der Waals surface area contributed by atoms with Gasteiger partial charge in [-0.3, -0.25) is 14.9 Å². The Labute approximate surface area is 117 Å². The summed E-state index contributed by atoms with van der Waals surface area (Å²) in [6.07, 6.45) is 0. The second-order valence-corrected chi connectivity index (χ2v) is 4.57. The first-order valence-corrected chi connectivity index (χ1v) is 5.82. The summed E-state index contributed by atoms with van der Waals surface area (Å²) in [6, 6.07) is -0.660. The maximum absolute atomic E-state index is 13.6. The summed E-state index contributed by atoms with van der Waals surface area (Å²) in [5.74, 6) is -5.68. The van der Waals surface area contributed by atoms with Gasteiger partial charge in [0, 0.05) is 0 Å². The van der Waals surface area contributed by atoms with E-state index < -0.39 is 51.6 Å². The average Bonchev–Trinajstić information content (AvgIpc) is 2.36. The maximum Gasteiger partial charge on any atom is 0.326 e. The molecule has 0 saturated heterocycles. The number of carbonyl (C=O) groups is 2. The third-order valence-corrected chi connectivity index (χ3v) is 2.70. The van der Waals surface area contributed by atoms with E-state index in [4.69, 9.17) is 5.11 Å². The van der Waals surface area contributed by atoms with Gasteiger partial charge in [-0.1, -0.05) is 13.8 Å². The van der Waals surface area contributed by atoms with Crippen LogP contribution in [-0.2, 0) is 4.79 Å². The molecule has 0 aliphatic rings. The van der Waals surface area contributed by atoms with E-state index in [1.54, 1.807) is 0 Å². The van der Waals surface area contributed by atoms with Crippen LogP contribution in [0.3, 0.4) is 0 Å². The molecule has 1 aromatic rings. The molecule has 0 radical (unpaired) electrons. The number of amides is 1. The third-order valence-electron chi connectivity index (χ3n) is 2.70. The minimum absolute atomic E-state index is 0.273. The molecule has 0 bridgehead atoms. The largest absolute Gasteiger partial charge is 0.480 e. The Morgan fingerprint density at radius 2 is 1.86 bits per heavy atom. The molecule has 114 valence electrons. The van der Waals surface area contributed by atoms with Crippen LogP contribution >= 0.6 is 0 Å². The summed E-state index contributed by atoms with van der Waals surface area (Å²) >= 11 is 0. The van der Waals surface area contributed by atoms with Crippen LogP contribution in [0.4, 0.5) is 14.5 Å². The van der Waals surface area contributed by atoms with Gasteiger partial charge in [-0.15, -0.1) is 0 Å². The number of aliphatic carboxylic acids is 1. The van der Waals surface area contributed by atoms with Crippen LogP contribution < -0.4 is 5.32 Å². The topological polar surface area (TPSA) is 110 Å². The zero-order valence-electron chi connectivity index (χ0n) is 11.1. The molecule has 1 aromatic carbocycles. The highest BCUT2D eigenvalue weighted by Gasteiger charge is 2.27. The predicted molar refractivity (Wildman–Crippen MR) is 66.7 cm³/mol. The molecule has 9 heteroatoms. The number of nitrogens with zero attached hydrogens (tertiary/aromatic N) is 1. The lowest BCUT2D eigenvalue weighted by Gasteiger charge is -2.18. The summed E-state index contributed by atoms with van der Waals surface area (Å²) in [5, 5.41) is 21.4. The summed E-state index contributed by atoms with van der Waals surface area (Å²) in [4.78, 5) is 32.0. The maximum atomic E-state index is 13.6. The van der Waals surface area contributed by atoms with Crippen LogP contribution in [0.25, 0.3) is 0 Å². The van der Waals surface area contributed by atoms with Crippen molar-refractivity contribution in [2.24, 2.45) is 5.92 Å². The Balaban J connectivity index is 3.11. The molecule has 0 unspecified atom stereocenters. The van der Waals surface area contributed by atoms with Gasteiger partial charge in [0.05, 0.1) is 16.6 Å².